The van der Waals surface area contributed by atoms with Crippen molar-refractivity contribution >= 4 is 35.2 Å². The van der Waals surface area contributed by atoms with Gasteiger partial charge in [0.2, 0.25) is 0 Å². The molecule has 2 aromatic carbocycles. The van der Waals surface area contributed by atoms with E-state index in [1.165, 1.54) is 12.1 Å². The van der Waals surface area contributed by atoms with Crippen molar-refractivity contribution in [2.45, 2.75) is 50.4 Å². The Hall–Kier alpha value is -2.44. The molecule has 2 aliphatic rings. The highest BCUT2D eigenvalue weighted by atomic mass is 35.5. The van der Waals surface area contributed by atoms with Crippen LogP contribution in [0.4, 0.5) is 4.79 Å². The van der Waals surface area contributed by atoms with Crippen LogP contribution in [0.25, 0.3) is 0 Å². The van der Waals surface area contributed by atoms with Crippen molar-refractivity contribution in [1.29, 1.82) is 0 Å². The van der Waals surface area contributed by atoms with Gasteiger partial charge in [-0.05, 0) is 54.8 Å². The number of carboxylic acid groups (broad SMARTS) is 1. The topological polar surface area (TPSA) is 78.9 Å². The van der Waals surface area contributed by atoms with Crippen LogP contribution in [-0.4, -0.2) is 40.2 Å². The molecule has 0 radical (unpaired) electrons. The van der Waals surface area contributed by atoms with Crippen LogP contribution < -0.4 is 10.1 Å². The molecule has 6 nitrogen and oxygen atoms in total. The van der Waals surface area contributed by atoms with E-state index in [2.05, 4.69) is 5.32 Å². The fraction of sp³-hybridized carbons (Fsp3) is 0.364. The van der Waals surface area contributed by atoms with Crippen LogP contribution >= 0.6 is 23.2 Å². The summed E-state index contributed by atoms with van der Waals surface area (Å²) < 4.78 is 6.07. The number of nitrogens with zero attached hydrogens (tertiary/aromatic N) is 1. The fourth-order valence-corrected chi connectivity index (χ4v) is 4.66. The molecule has 30 heavy (non-hydrogen) atoms. The summed E-state index contributed by atoms with van der Waals surface area (Å²) in [5, 5.41) is 12.9. The highest BCUT2D eigenvalue weighted by molar-refractivity contribution is 6.42. The molecule has 158 valence electrons. The maximum atomic E-state index is 12.8. The summed E-state index contributed by atoms with van der Waals surface area (Å²) in [5.41, 5.74) is 1.13. The Morgan fingerprint density at radius 1 is 1.03 bits per heavy atom. The molecule has 3 atom stereocenters. The summed E-state index contributed by atoms with van der Waals surface area (Å²) >= 11 is 12.0. The monoisotopic (exact) mass is 448 g/mol. The second-order valence-corrected chi connectivity index (χ2v) is 8.55. The molecule has 2 amide bonds. The third-order valence-electron chi connectivity index (χ3n) is 5.76. The normalized spacial score (nSPS) is 22.6. The summed E-state index contributed by atoms with van der Waals surface area (Å²) in [5.74, 6) is -0.304. The Kier molecular flexibility index (Phi) is 6.06. The van der Waals surface area contributed by atoms with Gasteiger partial charge >= 0.3 is 12.0 Å². The molecular weight excluding hydrogens is 427 g/mol. The van der Waals surface area contributed by atoms with Gasteiger partial charge in [0, 0.05) is 31.5 Å². The van der Waals surface area contributed by atoms with Gasteiger partial charge in [0.15, 0.2) is 0 Å². The molecule has 2 aromatic rings. The Labute approximate surface area is 184 Å². The number of amides is 2. The van der Waals surface area contributed by atoms with E-state index in [1.807, 2.05) is 11.0 Å². The number of piperidine rings is 1. The van der Waals surface area contributed by atoms with Crippen molar-refractivity contribution < 1.29 is 19.4 Å². The van der Waals surface area contributed by atoms with Crippen LogP contribution in [0.15, 0.2) is 42.5 Å². The van der Waals surface area contributed by atoms with Gasteiger partial charge in [0.25, 0.3) is 0 Å². The van der Waals surface area contributed by atoms with Crippen LogP contribution in [0.2, 0.25) is 10.0 Å². The number of hydrogen-bond donors (Lipinski definition) is 2. The van der Waals surface area contributed by atoms with Crippen LogP contribution in [0.5, 0.6) is 5.75 Å². The first kappa shape index (κ1) is 20.8. The van der Waals surface area contributed by atoms with Crippen LogP contribution in [-0.2, 0) is 6.54 Å². The average Bonchev–Trinajstić information content (AvgIpc) is 3.00. The summed E-state index contributed by atoms with van der Waals surface area (Å²) in [7, 11) is 0. The van der Waals surface area contributed by atoms with Gasteiger partial charge in [-0.1, -0.05) is 29.3 Å². The number of rotatable bonds is 5. The van der Waals surface area contributed by atoms with Gasteiger partial charge < -0.3 is 20.1 Å². The fourth-order valence-electron chi connectivity index (χ4n) is 4.34. The molecule has 0 aliphatic carbocycles. The van der Waals surface area contributed by atoms with Gasteiger partial charge in [-0.15, -0.1) is 0 Å². The predicted octanol–water partition coefficient (Wildman–Crippen LogP) is 4.98. The first-order valence-electron chi connectivity index (χ1n) is 9.91. The zero-order valence-electron chi connectivity index (χ0n) is 16.2. The third-order valence-corrected chi connectivity index (χ3v) is 6.50. The Morgan fingerprint density at radius 2 is 1.70 bits per heavy atom. The third kappa shape index (κ3) is 4.50. The second-order valence-electron chi connectivity index (χ2n) is 7.74. The van der Waals surface area contributed by atoms with E-state index in [1.54, 1.807) is 24.3 Å². The number of ether oxygens (including phenoxy) is 1. The van der Waals surface area contributed by atoms with Gasteiger partial charge in [-0.3, -0.25) is 0 Å². The molecule has 0 aromatic heterocycles. The van der Waals surface area contributed by atoms with Crippen molar-refractivity contribution in [3.63, 3.8) is 0 Å². The van der Waals surface area contributed by atoms with E-state index in [0.717, 1.165) is 31.2 Å². The molecule has 2 fully saturated rings. The molecule has 4 rings (SSSR count). The Morgan fingerprint density at radius 3 is 2.30 bits per heavy atom. The minimum absolute atomic E-state index is 0.0114. The van der Waals surface area contributed by atoms with E-state index in [0.29, 0.717) is 22.3 Å². The smallest absolute Gasteiger partial charge is 0.335 e. The van der Waals surface area contributed by atoms with Crippen molar-refractivity contribution in [2.24, 2.45) is 0 Å². The Balaban J connectivity index is 1.33. The molecule has 2 bridgehead atoms. The van der Waals surface area contributed by atoms with Crippen molar-refractivity contribution in [3.05, 3.63) is 63.6 Å². The largest absolute Gasteiger partial charge is 0.490 e. The molecule has 2 heterocycles. The first-order chi connectivity index (χ1) is 14.4. The van der Waals surface area contributed by atoms with Gasteiger partial charge in [-0.2, -0.15) is 0 Å². The lowest BCUT2D eigenvalue weighted by Crippen LogP contribution is -2.52. The van der Waals surface area contributed by atoms with Crippen LogP contribution in [0.3, 0.4) is 0 Å². The predicted molar refractivity (Wildman–Crippen MR) is 114 cm³/mol. The summed E-state index contributed by atoms with van der Waals surface area (Å²) in [4.78, 5) is 25.7. The number of nitrogens with one attached hydrogen (secondary N) is 1. The minimum atomic E-state index is -0.959. The Bertz CT molecular complexity index is 937. The van der Waals surface area contributed by atoms with Gasteiger partial charge in [0.1, 0.15) is 11.9 Å². The van der Waals surface area contributed by atoms with Crippen LogP contribution in [0.1, 0.15) is 41.6 Å². The summed E-state index contributed by atoms with van der Waals surface area (Å²) in [6.45, 7) is 0.390. The number of carbonyl (C=O) groups excluding carboxylic acids is 1. The van der Waals surface area contributed by atoms with Gasteiger partial charge in [0.05, 0.1) is 15.6 Å². The standard InChI is InChI=1S/C22H22Cl2N2O4/c23-19-8-1-13(9-20(19)24)12-25-22(29)26-15-4-5-16(26)11-18(10-15)30-17-6-2-14(3-7-17)21(27)28/h1-3,6-9,15-16,18H,4-5,10-12H2,(H,25,29)(H,27,28)/t15-,16+,18+. The number of aromatic carboxylic acids is 1. The van der Waals surface area contributed by atoms with Crippen molar-refractivity contribution in [3.8, 4) is 5.75 Å². The van der Waals surface area contributed by atoms with Gasteiger partial charge in [-0.25, -0.2) is 9.59 Å². The number of halogens is 2. The number of hydrogen-bond acceptors (Lipinski definition) is 3. The van der Waals surface area contributed by atoms with Crippen LogP contribution in [0, 0.1) is 0 Å². The lowest BCUT2D eigenvalue weighted by atomic mass is 10.00. The molecule has 8 heteroatoms. The average molecular weight is 449 g/mol. The van der Waals surface area contributed by atoms with E-state index in [-0.39, 0.29) is 29.8 Å². The molecule has 0 saturated carbocycles. The minimum Gasteiger partial charge on any atom is -0.490 e. The lowest BCUT2D eigenvalue weighted by Gasteiger charge is -2.38. The zero-order valence-corrected chi connectivity index (χ0v) is 17.7. The maximum absolute atomic E-state index is 12.8. The SMILES string of the molecule is O=C(O)c1ccc(O[C@H]2C[C@H]3CC[C@@H](C2)N3C(=O)NCc2ccc(Cl)c(Cl)c2)cc1. The summed E-state index contributed by atoms with van der Waals surface area (Å²) in [6.07, 6.45) is 3.46. The second kappa shape index (κ2) is 8.74. The van der Waals surface area contributed by atoms with Crippen molar-refractivity contribution in [2.75, 3.05) is 0 Å². The van der Waals surface area contributed by atoms with Crippen molar-refractivity contribution in [1.82, 2.24) is 10.2 Å². The number of carboxylic acids is 1. The molecule has 2 N–H and O–H groups in total. The number of carbonyl (C=O) groups is 2. The number of urea groups is 1. The van der Waals surface area contributed by atoms with E-state index in [9.17, 15) is 9.59 Å². The quantitative estimate of drug-likeness (QED) is 0.675. The van der Waals surface area contributed by atoms with E-state index in [4.69, 9.17) is 33.0 Å². The summed E-state index contributed by atoms with van der Waals surface area (Å²) in [6, 6.07) is 12.0. The number of benzene rings is 2. The molecular formula is C22H22Cl2N2O4. The number of fused-ring (bicyclic) bond motifs is 2. The molecule has 2 saturated heterocycles. The lowest BCUT2D eigenvalue weighted by molar-refractivity contribution is 0.0686. The zero-order chi connectivity index (χ0) is 21.3. The molecule has 0 spiro atoms. The van der Waals surface area contributed by atoms with E-state index < -0.39 is 5.97 Å². The molecule has 2 aliphatic heterocycles. The van der Waals surface area contributed by atoms with E-state index >= 15 is 0 Å². The molecule has 0 unspecified atom stereocenters. The highest BCUT2D eigenvalue weighted by Gasteiger charge is 2.44. The maximum Gasteiger partial charge on any atom is 0.335 e. The first-order valence-corrected chi connectivity index (χ1v) is 10.7. The highest BCUT2D eigenvalue weighted by Crippen LogP contribution is 2.37.